The van der Waals surface area contributed by atoms with E-state index in [9.17, 15) is 0 Å². The lowest BCUT2D eigenvalue weighted by molar-refractivity contribution is 0.606. The Hall–Kier alpha value is 0.220. The smallest absolute Gasteiger partial charge is 0.0214 e. The van der Waals surface area contributed by atoms with E-state index in [-0.39, 0.29) is 0 Å². The molecule has 0 saturated heterocycles. The lowest BCUT2D eigenvalue weighted by atomic mass is 10.1. The molecule has 0 bridgehead atoms. The van der Waals surface area contributed by atoms with Gasteiger partial charge >= 0.3 is 0 Å². The molecule has 0 nitrogen and oxygen atoms in total. The average Bonchev–Trinajstić information content (AvgIpc) is 2.11. The molecule has 0 aromatic rings. The highest BCUT2D eigenvalue weighted by Crippen LogP contribution is 2.11. The first-order valence-electron chi connectivity index (χ1n) is 5.52. The van der Waals surface area contributed by atoms with Crippen LogP contribution in [-0.2, 0) is 0 Å². The van der Waals surface area contributed by atoms with E-state index in [1.807, 2.05) is 0 Å². The maximum atomic E-state index is 3.42. The monoisotopic (exact) mass is 246 g/mol. The molecule has 0 radical (unpaired) electrons. The molecule has 0 rings (SSSR count). The normalized spacial score (nSPS) is 12.1. The molecule has 0 saturated carbocycles. The fourth-order valence-electron chi connectivity index (χ4n) is 1.42. The van der Waals surface area contributed by atoms with Crippen molar-refractivity contribution in [1.82, 2.24) is 0 Å². The standard InChI is InChI=1S/C12H23Br/c1-3-4-5-6-7-8-9-12(2)10-11-13/h10H,3-9,11H2,1-2H3. The van der Waals surface area contributed by atoms with Gasteiger partial charge < -0.3 is 0 Å². The van der Waals surface area contributed by atoms with Crippen LogP contribution in [0.5, 0.6) is 0 Å². The van der Waals surface area contributed by atoms with E-state index in [4.69, 9.17) is 0 Å². The molecule has 0 amide bonds. The number of halogens is 1. The van der Waals surface area contributed by atoms with E-state index in [1.54, 1.807) is 0 Å². The Morgan fingerprint density at radius 1 is 1.08 bits per heavy atom. The van der Waals surface area contributed by atoms with Gasteiger partial charge in [0.25, 0.3) is 0 Å². The van der Waals surface area contributed by atoms with Gasteiger partial charge in [0.15, 0.2) is 0 Å². The van der Waals surface area contributed by atoms with Crippen LogP contribution in [0.3, 0.4) is 0 Å². The first-order chi connectivity index (χ1) is 6.31. The minimum Gasteiger partial charge on any atom is -0.0883 e. The largest absolute Gasteiger partial charge is 0.0883 e. The Morgan fingerprint density at radius 3 is 2.31 bits per heavy atom. The van der Waals surface area contributed by atoms with Crippen molar-refractivity contribution in [2.24, 2.45) is 0 Å². The van der Waals surface area contributed by atoms with E-state index in [0.717, 1.165) is 5.33 Å². The van der Waals surface area contributed by atoms with Gasteiger partial charge in [-0.2, -0.15) is 0 Å². The summed E-state index contributed by atoms with van der Waals surface area (Å²) in [5, 5.41) is 1.01. The Morgan fingerprint density at radius 2 is 1.69 bits per heavy atom. The van der Waals surface area contributed by atoms with Crippen LogP contribution in [0.4, 0.5) is 0 Å². The molecule has 0 aliphatic carbocycles. The molecule has 0 aliphatic heterocycles. The van der Waals surface area contributed by atoms with Gasteiger partial charge in [-0.05, 0) is 19.8 Å². The zero-order valence-electron chi connectivity index (χ0n) is 9.11. The van der Waals surface area contributed by atoms with Crippen LogP contribution in [0, 0.1) is 0 Å². The summed E-state index contributed by atoms with van der Waals surface area (Å²) in [6.45, 7) is 4.50. The molecular weight excluding hydrogens is 224 g/mol. The van der Waals surface area contributed by atoms with Crippen molar-refractivity contribution < 1.29 is 0 Å². The third-order valence-corrected chi connectivity index (χ3v) is 2.67. The van der Waals surface area contributed by atoms with Gasteiger partial charge in [-0.15, -0.1) is 0 Å². The van der Waals surface area contributed by atoms with Crippen LogP contribution in [-0.4, -0.2) is 5.33 Å². The highest BCUT2D eigenvalue weighted by molar-refractivity contribution is 9.09. The lowest BCUT2D eigenvalue weighted by Crippen LogP contribution is -1.81. The lowest BCUT2D eigenvalue weighted by Gasteiger charge is -2.01. The third kappa shape index (κ3) is 10.1. The van der Waals surface area contributed by atoms with Crippen LogP contribution in [0.2, 0.25) is 0 Å². The van der Waals surface area contributed by atoms with E-state index >= 15 is 0 Å². The highest BCUT2D eigenvalue weighted by atomic mass is 79.9. The van der Waals surface area contributed by atoms with Crippen molar-refractivity contribution in [2.45, 2.75) is 58.8 Å². The molecule has 0 spiro atoms. The summed E-state index contributed by atoms with van der Waals surface area (Å²) in [7, 11) is 0. The van der Waals surface area contributed by atoms with Gasteiger partial charge in [0.2, 0.25) is 0 Å². The summed E-state index contributed by atoms with van der Waals surface area (Å²) in [5.41, 5.74) is 1.53. The van der Waals surface area contributed by atoms with Crippen LogP contribution in [0.1, 0.15) is 58.8 Å². The number of hydrogen-bond acceptors (Lipinski definition) is 0. The fourth-order valence-corrected chi connectivity index (χ4v) is 1.97. The van der Waals surface area contributed by atoms with Crippen molar-refractivity contribution in [3.8, 4) is 0 Å². The molecule has 0 atom stereocenters. The molecule has 0 unspecified atom stereocenters. The average molecular weight is 247 g/mol. The topological polar surface area (TPSA) is 0 Å². The van der Waals surface area contributed by atoms with Gasteiger partial charge in [0.1, 0.15) is 0 Å². The second-order valence-electron chi connectivity index (χ2n) is 3.72. The van der Waals surface area contributed by atoms with Gasteiger partial charge in [-0.1, -0.05) is 66.6 Å². The third-order valence-electron chi connectivity index (χ3n) is 2.35. The minimum atomic E-state index is 1.01. The first-order valence-corrected chi connectivity index (χ1v) is 6.65. The van der Waals surface area contributed by atoms with Crippen molar-refractivity contribution in [3.63, 3.8) is 0 Å². The molecule has 0 N–H and O–H groups in total. The van der Waals surface area contributed by atoms with Gasteiger partial charge in [0, 0.05) is 5.33 Å². The number of allylic oxidation sites excluding steroid dienone is 2. The predicted molar refractivity (Wildman–Crippen MR) is 65.5 cm³/mol. The molecule has 1 heteroatoms. The maximum absolute atomic E-state index is 3.42. The van der Waals surface area contributed by atoms with E-state index in [2.05, 4.69) is 35.9 Å². The summed E-state index contributed by atoms with van der Waals surface area (Å²) in [4.78, 5) is 0. The molecular formula is C12H23Br. The van der Waals surface area contributed by atoms with Crippen molar-refractivity contribution >= 4 is 15.9 Å². The van der Waals surface area contributed by atoms with E-state index in [0.29, 0.717) is 0 Å². The molecule has 0 heterocycles. The van der Waals surface area contributed by atoms with Crippen molar-refractivity contribution in [3.05, 3.63) is 11.6 Å². The number of unbranched alkanes of at least 4 members (excludes halogenated alkanes) is 5. The molecule has 0 aromatic carbocycles. The molecule has 0 aromatic heterocycles. The molecule has 0 aliphatic rings. The van der Waals surface area contributed by atoms with E-state index < -0.39 is 0 Å². The predicted octanol–water partition coefficient (Wildman–Crippen LogP) is 5.08. The minimum absolute atomic E-state index is 1.01. The second-order valence-corrected chi connectivity index (χ2v) is 4.37. The maximum Gasteiger partial charge on any atom is 0.0214 e. The molecule has 78 valence electrons. The highest BCUT2D eigenvalue weighted by Gasteiger charge is 1.91. The second kappa shape index (κ2) is 10.3. The van der Waals surface area contributed by atoms with E-state index in [1.165, 1.54) is 50.5 Å². The number of alkyl halides is 1. The van der Waals surface area contributed by atoms with Crippen LogP contribution in [0.25, 0.3) is 0 Å². The SMILES string of the molecule is CCCCCCCCC(C)=CCBr. The number of rotatable bonds is 8. The van der Waals surface area contributed by atoms with Crippen molar-refractivity contribution in [1.29, 1.82) is 0 Å². The Balaban J connectivity index is 3.11. The van der Waals surface area contributed by atoms with Gasteiger partial charge in [-0.3, -0.25) is 0 Å². The summed E-state index contributed by atoms with van der Waals surface area (Å²) in [5.74, 6) is 0. The Bertz CT molecular complexity index is 127. The Kier molecular flexibility index (Phi) is 10.5. The molecule has 0 fully saturated rings. The van der Waals surface area contributed by atoms with Crippen LogP contribution < -0.4 is 0 Å². The summed E-state index contributed by atoms with van der Waals surface area (Å²) < 4.78 is 0. The summed E-state index contributed by atoms with van der Waals surface area (Å²) in [6.07, 6.45) is 12.0. The van der Waals surface area contributed by atoms with Gasteiger partial charge in [0.05, 0.1) is 0 Å². The first kappa shape index (κ1) is 13.2. The fraction of sp³-hybridized carbons (Fsp3) is 0.833. The zero-order valence-corrected chi connectivity index (χ0v) is 10.7. The van der Waals surface area contributed by atoms with Gasteiger partial charge in [-0.25, -0.2) is 0 Å². The van der Waals surface area contributed by atoms with Crippen molar-refractivity contribution in [2.75, 3.05) is 5.33 Å². The zero-order chi connectivity index (χ0) is 9.94. The summed E-state index contributed by atoms with van der Waals surface area (Å²) >= 11 is 3.42. The van der Waals surface area contributed by atoms with Crippen LogP contribution >= 0.6 is 15.9 Å². The molecule has 13 heavy (non-hydrogen) atoms. The quantitative estimate of drug-likeness (QED) is 0.319. The van der Waals surface area contributed by atoms with Crippen LogP contribution in [0.15, 0.2) is 11.6 Å². The number of hydrogen-bond donors (Lipinski definition) is 0. The summed E-state index contributed by atoms with van der Waals surface area (Å²) in [6, 6.07) is 0. The Labute approximate surface area is 91.9 Å².